The predicted molar refractivity (Wildman–Crippen MR) is 133 cm³/mol. The molecule has 0 aliphatic carbocycles. The number of nitrogen functional groups attached to an aromatic ring is 1. The van der Waals surface area contributed by atoms with Crippen LogP contribution in [-0.4, -0.2) is 22.0 Å². The molecule has 1 aromatic heterocycles. The van der Waals surface area contributed by atoms with Gasteiger partial charge in [-0.15, -0.1) is 0 Å². The van der Waals surface area contributed by atoms with Crippen LogP contribution in [0.25, 0.3) is 0 Å². The molecule has 0 saturated heterocycles. The van der Waals surface area contributed by atoms with Gasteiger partial charge in [-0.1, -0.05) is 79.0 Å². The van der Waals surface area contributed by atoms with Crippen molar-refractivity contribution >= 4 is 40.6 Å². The van der Waals surface area contributed by atoms with Crippen LogP contribution in [0.1, 0.15) is 37.3 Å². The van der Waals surface area contributed by atoms with Gasteiger partial charge in [0.1, 0.15) is 5.82 Å². The average Bonchev–Trinajstić information content (AvgIpc) is 2.80. The molecule has 0 saturated carbocycles. The molecule has 7 nitrogen and oxygen atoms in total. The Labute approximate surface area is 201 Å². The van der Waals surface area contributed by atoms with Gasteiger partial charge in [-0.2, -0.15) is 0 Å². The van der Waals surface area contributed by atoms with Crippen LogP contribution < -0.4 is 21.9 Å². The van der Waals surface area contributed by atoms with Crippen LogP contribution in [0.3, 0.4) is 0 Å². The van der Waals surface area contributed by atoms with Gasteiger partial charge in [0.25, 0.3) is 5.56 Å². The minimum Gasteiger partial charge on any atom is -0.383 e. The van der Waals surface area contributed by atoms with Gasteiger partial charge in [-0.05, 0) is 30.0 Å². The number of nitrogens with zero attached hydrogens (tertiary/aromatic N) is 2. The van der Waals surface area contributed by atoms with Gasteiger partial charge in [0.15, 0.2) is 5.69 Å². The highest BCUT2D eigenvalue weighted by molar-refractivity contribution is 6.42. The molecule has 0 aliphatic heterocycles. The zero-order valence-electron chi connectivity index (χ0n) is 18.3. The highest BCUT2D eigenvalue weighted by Crippen LogP contribution is 2.27. The molecule has 3 rings (SSSR count). The fourth-order valence-electron chi connectivity index (χ4n) is 3.56. The van der Waals surface area contributed by atoms with E-state index in [4.69, 9.17) is 28.9 Å². The SMILES string of the molecule is CCCCN(C(=O)CCc1cccc(Cl)c1Cl)c1c(N)n(Cc2ccccc2)c(=O)[nH]c1=O. The average molecular weight is 489 g/mol. The molecule has 1 heterocycles. The minimum atomic E-state index is -0.688. The third-order valence-corrected chi connectivity index (χ3v) is 6.20. The lowest BCUT2D eigenvalue weighted by atomic mass is 10.1. The summed E-state index contributed by atoms with van der Waals surface area (Å²) in [4.78, 5) is 42.2. The molecule has 0 bridgehead atoms. The number of nitrogens with one attached hydrogen (secondary N) is 1. The minimum absolute atomic E-state index is 0.0128. The Morgan fingerprint density at radius 1 is 1.09 bits per heavy atom. The second-order valence-electron chi connectivity index (χ2n) is 7.68. The van der Waals surface area contributed by atoms with Crippen molar-refractivity contribution in [2.75, 3.05) is 17.2 Å². The van der Waals surface area contributed by atoms with Gasteiger partial charge in [0.2, 0.25) is 5.91 Å². The Balaban J connectivity index is 1.95. The van der Waals surface area contributed by atoms with Gasteiger partial charge in [0.05, 0.1) is 16.6 Å². The van der Waals surface area contributed by atoms with Crippen molar-refractivity contribution < 1.29 is 4.79 Å². The van der Waals surface area contributed by atoms with E-state index in [0.717, 1.165) is 17.5 Å². The standard InChI is InChI=1S/C24H26Cl2N4O3/c1-2-3-14-29(19(31)13-12-17-10-7-11-18(25)20(17)26)21-22(27)30(24(33)28-23(21)32)15-16-8-5-4-6-9-16/h4-11H,2-3,12-15,27H2,1H3,(H,28,32,33). The molecule has 1 amide bonds. The molecule has 0 unspecified atom stereocenters. The van der Waals surface area contributed by atoms with Crippen LogP contribution in [-0.2, 0) is 17.8 Å². The largest absolute Gasteiger partial charge is 0.383 e. The van der Waals surface area contributed by atoms with Crippen molar-refractivity contribution in [2.45, 2.75) is 39.2 Å². The molecular weight excluding hydrogens is 463 g/mol. The maximum atomic E-state index is 13.2. The van der Waals surface area contributed by atoms with E-state index in [1.54, 1.807) is 18.2 Å². The number of aromatic amines is 1. The van der Waals surface area contributed by atoms with Crippen molar-refractivity contribution in [1.29, 1.82) is 0 Å². The molecule has 2 aromatic carbocycles. The highest BCUT2D eigenvalue weighted by Gasteiger charge is 2.24. The molecule has 3 N–H and O–H groups in total. The first-order valence-corrected chi connectivity index (χ1v) is 11.5. The number of aromatic nitrogens is 2. The van der Waals surface area contributed by atoms with Crippen molar-refractivity contribution in [3.8, 4) is 0 Å². The number of hydrogen-bond donors (Lipinski definition) is 2. The zero-order valence-corrected chi connectivity index (χ0v) is 19.8. The number of rotatable bonds is 9. The monoisotopic (exact) mass is 488 g/mol. The number of aryl methyl sites for hydroxylation is 1. The second kappa shape index (κ2) is 11.2. The molecular formula is C24H26Cl2N4O3. The number of carbonyl (C=O) groups excluding carboxylic acids is 1. The maximum absolute atomic E-state index is 13.2. The van der Waals surface area contributed by atoms with Gasteiger partial charge < -0.3 is 10.6 Å². The van der Waals surface area contributed by atoms with E-state index in [-0.39, 0.29) is 30.4 Å². The Hall–Kier alpha value is -3.03. The summed E-state index contributed by atoms with van der Waals surface area (Å²) in [6.45, 7) is 2.46. The first kappa shape index (κ1) is 24.6. The summed E-state index contributed by atoms with van der Waals surface area (Å²) in [5.41, 5.74) is 6.56. The fourth-order valence-corrected chi connectivity index (χ4v) is 3.97. The molecule has 0 aliphatic rings. The third-order valence-electron chi connectivity index (χ3n) is 5.34. The number of H-pyrrole nitrogens is 1. The van der Waals surface area contributed by atoms with Crippen molar-refractivity contribution in [2.24, 2.45) is 0 Å². The van der Waals surface area contributed by atoms with E-state index in [0.29, 0.717) is 29.4 Å². The summed E-state index contributed by atoms with van der Waals surface area (Å²) >= 11 is 12.3. The lowest BCUT2D eigenvalue weighted by Crippen LogP contribution is -2.41. The van der Waals surface area contributed by atoms with Crippen LogP contribution >= 0.6 is 23.2 Å². The third kappa shape index (κ3) is 5.86. The number of benzene rings is 2. The molecule has 9 heteroatoms. The van der Waals surface area contributed by atoms with Crippen molar-refractivity contribution in [1.82, 2.24) is 9.55 Å². The van der Waals surface area contributed by atoms with Crippen molar-refractivity contribution in [3.63, 3.8) is 0 Å². The Bertz CT molecular complexity index is 1240. The number of halogens is 2. The van der Waals surface area contributed by atoms with Crippen LogP contribution in [0.4, 0.5) is 11.5 Å². The number of carbonyl (C=O) groups is 1. The topological polar surface area (TPSA) is 101 Å². The summed E-state index contributed by atoms with van der Waals surface area (Å²) in [6.07, 6.45) is 1.93. The number of hydrogen-bond acceptors (Lipinski definition) is 4. The van der Waals surface area contributed by atoms with E-state index < -0.39 is 11.2 Å². The molecule has 3 aromatic rings. The predicted octanol–water partition coefficient (Wildman–Crippen LogP) is 4.24. The Kier molecular flexibility index (Phi) is 8.36. The maximum Gasteiger partial charge on any atom is 0.330 e. The quantitative estimate of drug-likeness (QED) is 0.470. The number of amides is 1. The smallest absolute Gasteiger partial charge is 0.330 e. The van der Waals surface area contributed by atoms with Gasteiger partial charge in [-0.25, -0.2) is 4.79 Å². The van der Waals surface area contributed by atoms with Crippen LogP contribution in [0.2, 0.25) is 10.0 Å². The lowest BCUT2D eigenvalue weighted by molar-refractivity contribution is -0.118. The van der Waals surface area contributed by atoms with E-state index in [2.05, 4.69) is 4.98 Å². The summed E-state index contributed by atoms with van der Waals surface area (Å²) in [5.74, 6) is -0.334. The fraction of sp³-hybridized carbons (Fsp3) is 0.292. The van der Waals surface area contributed by atoms with Crippen molar-refractivity contribution in [3.05, 3.63) is 90.5 Å². The summed E-state index contributed by atoms with van der Waals surface area (Å²) < 4.78 is 1.27. The van der Waals surface area contributed by atoms with E-state index in [9.17, 15) is 14.4 Å². The first-order chi connectivity index (χ1) is 15.8. The highest BCUT2D eigenvalue weighted by atomic mass is 35.5. The number of anilines is 2. The van der Waals surface area contributed by atoms with Crippen LogP contribution in [0.5, 0.6) is 0 Å². The van der Waals surface area contributed by atoms with Crippen LogP contribution in [0.15, 0.2) is 58.1 Å². The van der Waals surface area contributed by atoms with Gasteiger partial charge in [0, 0.05) is 13.0 Å². The van der Waals surface area contributed by atoms with Crippen LogP contribution in [0, 0.1) is 0 Å². The molecule has 0 fully saturated rings. The number of unbranched alkanes of at least 4 members (excludes halogenated alkanes) is 1. The second-order valence-corrected chi connectivity index (χ2v) is 8.46. The molecule has 174 valence electrons. The number of nitrogens with two attached hydrogens (primary N) is 1. The first-order valence-electron chi connectivity index (χ1n) is 10.7. The zero-order chi connectivity index (χ0) is 24.0. The Morgan fingerprint density at radius 3 is 2.52 bits per heavy atom. The molecule has 0 radical (unpaired) electrons. The molecule has 0 atom stereocenters. The van der Waals surface area contributed by atoms with E-state index in [1.165, 1.54) is 9.47 Å². The summed E-state index contributed by atoms with van der Waals surface area (Å²) in [6, 6.07) is 14.5. The summed E-state index contributed by atoms with van der Waals surface area (Å²) in [7, 11) is 0. The summed E-state index contributed by atoms with van der Waals surface area (Å²) in [5, 5.41) is 0.818. The van der Waals surface area contributed by atoms with Gasteiger partial charge >= 0.3 is 5.69 Å². The van der Waals surface area contributed by atoms with Gasteiger partial charge in [-0.3, -0.25) is 19.1 Å². The van der Waals surface area contributed by atoms with E-state index >= 15 is 0 Å². The molecule has 0 spiro atoms. The normalized spacial score (nSPS) is 10.9. The lowest BCUT2D eigenvalue weighted by Gasteiger charge is -2.24. The Morgan fingerprint density at radius 2 is 1.82 bits per heavy atom. The molecule has 33 heavy (non-hydrogen) atoms. The van der Waals surface area contributed by atoms with E-state index in [1.807, 2.05) is 37.3 Å².